The molecule has 1 saturated heterocycles. The molecule has 1 aliphatic carbocycles. The molecule has 0 amide bonds. The number of nitrogens with zero attached hydrogens (tertiary/aromatic N) is 1. The number of rotatable bonds is 6. The number of aliphatic hydroxyl groups is 4. The molecule has 7 nitrogen and oxygen atoms in total. The third-order valence-electron chi connectivity index (χ3n) is 6.20. The number of nitriles is 1. The number of benzene rings is 2. The highest BCUT2D eigenvalue weighted by molar-refractivity contribution is 5.51. The van der Waals surface area contributed by atoms with Crippen LogP contribution in [0.15, 0.2) is 36.4 Å². The van der Waals surface area contributed by atoms with Crippen molar-refractivity contribution in [3.8, 4) is 11.8 Å². The lowest BCUT2D eigenvalue weighted by Gasteiger charge is -2.40. The maximum Gasteiger partial charge on any atom is 0.126 e. The fourth-order valence-electron chi connectivity index (χ4n) is 4.20. The van der Waals surface area contributed by atoms with E-state index in [1.54, 1.807) is 12.1 Å². The molecule has 4 rings (SSSR count). The molecule has 7 heteroatoms. The Kier molecular flexibility index (Phi) is 6.28. The Morgan fingerprint density at radius 3 is 2.35 bits per heavy atom. The van der Waals surface area contributed by atoms with Crippen molar-refractivity contribution in [1.82, 2.24) is 0 Å². The quantitative estimate of drug-likeness (QED) is 0.554. The molecule has 0 bridgehead atoms. The summed E-state index contributed by atoms with van der Waals surface area (Å²) in [6.45, 7) is -0.514. The maximum atomic E-state index is 10.6. The molecule has 0 aromatic heterocycles. The first-order valence-corrected chi connectivity index (χ1v) is 10.5. The van der Waals surface area contributed by atoms with Crippen molar-refractivity contribution >= 4 is 0 Å². The standard InChI is InChI=1S/C24H27NO6/c1-30-19-10-17(11-25)16(8-13-2-4-14(5-3-13)15-6-7-15)9-18(19)24-23(29)22(28)21(27)20(12-26)31-24/h2-5,9-10,15,20-24,26-29H,6-8,12H2,1H3/t20-,21-,22+,23-,24+/m1/s1. The lowest BCUT2D eigenvalue weighted by molar-refractivity contribution is -0.232. The van der Waals surface area contributed by atoms with E-state index in [4.69, 9.17) is 9.47 Å². The van der Waals surface area contributed by atoms with Crippen LogP contribution in [0.3, 0.4) is 0 Å². The molecule has 2 aliphatic rings. The molecule has 1 aliphatic heterocycles. The van der Waals surface area contributed by atoms with Gasteiger partial charge in [-0.05, 0) is 54.0 Å². The van der Waals surface area contributed by atoms with Crippen LogP contribution >= 0.6 is 0 Å². The third kappa shape index (κ3) is 4.31. The molecular weight excluding hydrogens is 398 g/mol. The third-order valence-corrected chi connectivity index (χ3v) is 6.20. The molecule has 4 N–H and O–H groups in total. The first-order valence-electron chi connectivity index (χ1n) is 10.5. The predicted molar refractivity (Wildman–Crippen MR) is 112 cm³/mol. The largest absolute Gasteiger partial charge is 0.496 e. The minimum atomic E-state index is -1.49. The van der Waals surface area contributed by atoms with E-state index in [2.05, 4.69) is 30.3 Å². The topological polar surface area (TPSA) is 123 Å². The SMILES string of the molecule is COc1cc(C#N)c(Cc2ccc(C3CC3)cc2)cc1[C@@H]1O[C@H](CO)[C@@H](O)[C@H](O)[C@H]1O. The van der Waals surface area contributed by atoms with Crippen LogP contribution in [0.1, 0.15) is 52.7 Å². The van der Waals surface area contributed by atoms with Gasteiger partial charge in [-0.3, -0.25) is 0 Å². The molecule has 0 unspecified atom stereocenters. The van der Waals surface area contributed by atoms with Crippen LogP contribution in [0.4, 0.5) is 0 Å². The van der Waals surface area contributed by atoms with Gasteiger partial charge >= 0.3 is 0 Å². The van der Waals surface area contributed by atoms with Gasteiger partial charge < -0.3 is 29.9 Å². The van der Waals surface area contributed by atoms with Crippen LogP contribution in [0.2, 0.25) is 0 Å². The Bertz CT molecular complexity index is 963. The van der Waals surface area contributed by atoms with Crippen molar-refractivity contribution in [3.63, 3.8) is 0 Å². The van der Waals surface area contributed by atoms with Crippen molar-refractivity contribution in [2.24, 2.45) is 0 Å². The Labute approximate surface area is 181 Å². The number of methoxy groups -OCH3 is 1. The van der Waals surface area contributed by atoms with Crippen molar-refractivity contribution in [2.45, 2.75) is 55.7 Å². The molecule has 2 aromatic carbocycles. The van der Waals surface area contributed by atoms with Crippen LogP contribution in [0, 0.1) is 11.3 Å². The molecule has 2 fully saturated rings. The van der Waals surface area contributed by atoms with Gasteiger partial charge in [0.05, 0.1) is 25.3 Å². The Morgan fingerprint density at radius 2 is 1.77 bits per heavy atom. The maximum absolute atomic E-state index is 10.6. The van der Waals surface area contributed by atoms with Crippen molar-refractivity contribution < 1.29 is 29.9 Å². The minimum Gasteiger partial charge on any atom is -0.496 e. The van der Waals surface area contributed by atoms with Gasteiger partial charge in [0.1, 0.15) is 36.3 Å². The normalized spacial score (nSPS) is 28.2. The molecule has 1 heterocycles. The number of ether oxygens (including phenoxy) is 2. The second-order valence-electron chi connectivity index (χ2n) is 8.31. The smallest absolute Gasteiger partial charge is 0.126 e. The van der Waals surface area contributed by atoms with Gasteiger partial charge in [-0.15, -0.1) is 0 Å². The van der Waals surface area contributed by atoms with Crippen molar-refractivity contribution in [1.29, 1.82) is 5.26 Å². The summed E-state index contributed by atoms with van der Waals surface area (Å²) in [5, 5.41) is 50.0. The molecule has 31 heavy (non-hydrogen) atoms. The highest BCUT2D eigenvalue weighted by Crippen LogP contribution is 2.41. The Morgan fingerprint density at radius 1 is 1.06 bits per heavy atom. The number of aliphatic hydroxyl groups excluding tert-OH is 4. The molecule has 2 aromatic rings. The zero-order valence-electron chi connectivity index (χ0n) is 17.3. The molecule has 164 valence electrons. The second-order valence-corrected chi connectivity index (χ2v) is 8.31. The second kappa shape index (κ2) is 8.95. The van der Waals surface area contributed by atoms with E-state index >= 15 is 0 Å². The fourth-order valence-corrected chi connectivity index (χ4v) is 4.20. The van der Waals surface area contributed by atoms with Crippen LogP contribution in [0.25, 0.3) is 0 Å². The van der Waals surface area contributed by atoms with Crippen LogP contribution < -0.4 is 4.74 Å². The summed E-state index contributed by atoms with van der Waals surface area (Å²) in [4.78, 5) is 0. The summed E-state index contributed by atoms with van der Waals surface area (Å²) in [5.74, 6) is 0.996. The average molecular weight is 425 g/mol. The Hall–Kier alpha value is -2.47. The summed E-state index contributed by atoms with van der Waals surface area (Å²) in [5.41, 5.74) is 4.00. The van der Waals surface area contributed by atoms with E-state index in [0.29, 0.717) is 29.2 Å². The lowest BCUT2D eigenvalue weighted by Crippen LogP contribution is -2.55. The minimum absolute atomic E-state index is 0.328. The summed E-state index contributed by atoms with van der Waals surface area (Å²) in [6.07, 6.45) is -3.44. The van der Waals surface area contributed by atoms with E-state index in [1.807, 2.05) is 0 Å². The van der Waals surface area contributed by atoms with E-state index in [-0.39, 0.29) is 0 Å². The van der Waals surface area contributed by atoms with Gasteiger partial charge in [-0.25, -0.2) is 0 Å². The number of hydrogen-bond acceptors (Lipinski definition) is 7. The lowest BCUT2D eigenvalue weighted by atomic mass is 9.88. The van der Waals surface area contributed by atoms with Gasteiger partial charge in [0, 0.05) is 5.56 Å². The van der Waals surface area contributed by atoms with Crippen molar-refractivity contribution in [2.75, 3.05) is 13.7 Å². The zero-order chi connectivity index (χ0) is 22.1. The van der Waals surface area contributed by atoms with Gasteiger partial charge in [0.25, 0.3) is 0 Å². The van der Waals surface area contributed by atoms with Crippen molar-refractivity contribution in [3.05, 3.63) is 64.2 Å². The van der Waals surface area contributed by atoms with Gasteiger partial charge in [0.15, 0.2) is 0 Å². The van der Waals surface area contributed by atoms with E-state index in [1.165, 1.54) is 25.5 Å². The summed E-state index contributed by atoms with van der Waals surface area (Å²) < 4.78 is 11.1. The predicted octanol–water partition coefficient (Wildman–Crippen LogP) is 1.55. The monoisotopic (exact) mass is 425 g/mol. The first-order chi connectivity index (χ1) is 15.0. The first kappa shape index (κ1) is 21.8. The number of hydrogen-bond donors (Lipinski definition) is 4. The van der Waals surface area contributed by atoms with Crippen LogP contribution in [0.5, 0.6) is 5.75 Å². The van der Waals surface area contributed by atoms with Gasteiger partial charge in [0.2, 0.25) is 0 Å². The molecule has 0 radical (unpaired) electrons. The molecule has 0 spiro atoms. The average Bonchev–Trinajstić information content (AvgIpc) is 3.63. The molecule has 5 atom stereocenters. The fraction of sp³-hybridized carbons (Fsp3) is 0.458. The Balaban J connectivity index is 1.68. The van der Waals surface area contributed by atoms with Crippen LogP contribution in [-0.4, -0.2) is 58.6 Å². The van der Waals surface area contributed by atoms with E-state index < -0.39 is 37.1 Å². The summed E-state index contributed by atoms with van der Waals surface area (Å²) in [6, 6.07) is 13.9. The summed E-state index contributed by atoms with van der Waals surface area (Å²) >= 11 is 0. The van der Waals surface area contributed by atoms with E-state index in [9.17, 15) is 25.7 Å². The zero-order valence-corrected chi connectivity index (χ0v) is 17.3. The van der Waals surface area contributed by atoms with Gasteiger partial charge in [-0.1, -0.05) is 24.3 Å². The highest BCUT2D eigenvalue weighted by Gasteiger charge is 2.45. The molecular formula is C24H27NO6. The van der Waals surface area contributed by atoms with Gasteiger partial charge in [-0.2, -0.15) is 5.26 Å². The molecule has 1 saturated carbocycles. The van der Waals surface area contributed by atoms with E-state index in [0.717, 1.165) is 11.1 Å². The summed E-state index contributed by atoms with van der Waals surface area (Å²) in [7, 11) is 1.44. The van der Waals surface area contributed by atoms with Crippen LogP contribution in [-0.2, 0) is 11.2 Å². The highest BCUT2D eigenvalue weighted by atomic mass is 16.5.